The summed E-state index contributed by atoms with van der Waals surface area (Å²) in [7, 11) is 0. The number of halogens is 2. The van der Waals surface area contributed by atoms with E-state index < -0.39 is 0 Å². The fraction of sp³-hybridized carbons (Fsp3) is 0.567. The lowest BCUT2D eigenvalue weighted by Gasteiger charge is -2.23. The molecule has 40 heavy (non-hydrogen) atoms. The first-order valence-electron chi connectivity index (χ1n) is 13.9. The molecule has 3 radical (unpaired) electrons. The minimum Gasteiger partial charge on any atom is -0.381 e. The monoisotopic (exact) mass is 591 g/mol. The molecule has 2 N–H and O–H groups in total. The Bertz CT molecular complexity index is 897. The van der Waals surface area contributed by atoms with Crippen molar-refractivity contribution in [3.8, 4) is 0 Å². The van der Waals surface area contributed by atoms with Gasteiger partial charge in [0.25, 0.3) is 0 Å². The SMILES string of the molecule is C1CCOC1.C1CCOC1.Clc1ccc(CC2COCCN2)cc1.O=C1COCC(Cc2ccc(Cl)cc2)N1.[B]. The Morgan fingerprint density at radius 1 is 0.650 bits per heavy atom. The number of hydrogen-bond acceptors (Lipinski definition) is 6. The highest BCUT2D eigenvalue weighted by molar-refractivity contribution is 6.30. The summed E-state index contributed by atoms with van der Waals surface area (Å²) < 4.78 is 20.4. The number of morpholine rings is 2. The standard InChI is InChI=1S/C11H12ClNO2.C11H14ClNO.2C4H8O.B/c12-9-3-1-8(2-4-9)5-10-6-15-7-11(14)13-10;12-10-3-1-9(2-4-10)7-11-8-14-6-5-13-11;2*1-2-4-5-3-1;/h1-4,10H,5-7H2,(H,13,14);1-4,11,13H,5-8H2;2*1-4H2;. The molecular weight excluding hydrogens is 550 g/mol. The summed E-state index contributed by atoms with van der Waals surface area (Å²) in [5.41, 5.74) is 2.45. The Kier molecular flexibility index (Phi) is 18.2. The summed E-state index contributed by atoms with van der Waals surface area (Å²) >= 11 is 11.6. The van der Waals surface area contributed by atoms with Crippen LogP contribution in [0.4, 0.5) is 0 Å². The first-order chi connectivity index (χ1) is 19.1. The predicted molar refractivity (Wildman–Crippen MR) is 162 cm³/mol. The number of nitrogens with one attached hydrogen (secondary N) is 2. The van der Waals surface area contributed by atoms with Crippen molar-refractivity contribution < 1.29 is 23.7 Å². The van der Waals surface area contributed by atoms with Crippen molar-refractivity contribution in [2.75, 3.05) is 59.4 Å². The van der Waals surface area contributed by atoms with Crippen LogP contribution in [-0.4, -0.2) is 85.8 Å². The van der Waals surface area contributed by atoms with Crippen LogP contribution in [0.25, 0.3) is 0 Å². The van der Waals surface area contributed by atoms with Crippen molar-refractivity contribution in [1.82, 2.24) is 10.6 Å². The van der Waals surface area contributed by atoms with Gasteiger partial charge in [-0.05, 0) is 73.9 Å². The van der Waals surface area contributed by atoms with Crippen molar-refractivity contribution in [2.24, 2.45) is 0 Å². The highest BCUT2D eigenvalue weighted by Gasteiger charge is 2.18. The second-order valence-corrected chi connectivity index (χ2v) is 10.7. The van der Waals surface area contributed by atoms with Gasteiger partial charge in [0, 0.05) is 57.5 Å². The van der Waals surface area contributed by atoms with Crippen LogP contribution in [0.2, 0.25) is 10.0 Å². The molecule has 2 atom stereocenters. The zero-order valence-corrected chi connectivity index (χ0v) is 24.8. The van der Waals surface area contributed by atoms with Crippen molar-refractivity contribution in [3.05, 3.63) is 69.7 Å². The maximum absolute atomic E-state index is 11.1. The Morgan fingerprint density at radius 2 is 1.12 bits per heavy atom. The number of benzene rings is 2. The highest BCUT2D eigenvalue weighted by atomic mass is 35.5. The lowest BCUT2D eigenvalue weighted by molar-refractivity contribution is -0.131. The molecule has 0 bridgehead atoms. The summed E-state index contributed by atoms with van der Waals surface area (Å²) in [6.45, 7) is 7.35. The molecule has 4 heterocycles. The molecule has 4 saturated heterocycles. The molecule has 2 unspecified atom stereocenters. The highest BCUT2D eigenvalue weighted by Crippen LogP contribution is 2.13. The molecule has 0 aromatic heterocycles. The van der Waals surface area contributed by atoms with Gasteiger partial charge in [0.1, 0.15) is 6.61 Å². The number of carbonyl (C=O) groups excluding carboxylic acids is 1. The number of amides is 1. The van der Waals surface area contributed by atoms with Crippen LogP contribution in [0.1, 0.15) is 36.8 Å². The van der Waals surface area contributed by atoms with E-state index in [0.29, 0.717) is 12.6 Å². The summed E-state index contributed by atoms with van der Waals surface area (Å²) in [6.07, 6.45) is 6.90. The van der Waals surface area contributed by atoms with Crippen LogP contribution in [-0.2, 0) is 36.6 Å². The zero-order valence-electron chi connectivity index (χ0n) is 23.3. The van der Waals surface area contributed by atoms with Gasteiger partial charge in [-0.15, -0.1) is 0 Å². The van der Waals surface area contributed by atoms with Crippen molar-refractivity contribution in [1.29, 1.82) is 0 Å². The van der Waals surface area contributed by atoms with E-state index in [1.807, 2.05) is 36.4 Å². The molecular formula is C30H42BCl2N2O5. The minimum absolute atomic E-state index is 0. The minimum atomic E-state index is -0.0415. The molecule has 2 aromatic carbocycles. The Hall–Kier alpha value is -1.65. The molecule has 2 aromatic rings. The van der Waals surface area contributed by atoms with Gasteiger partial charge in [-0.3, -0.25) is 4.79 Å². The number of ether oxygens (including phenoxy) is 4. The van der Waals surface area contributed by atoms with Crippen molar-refractivity contribution in [2.45, 2.75) is 50.6 Å². The third-order valence-electron chi connectivity index (χ3n) is 6.36. The van der Waals surface area contributed by atoms with Gasteiger partial charge < -0.3 is 29.6 Å². The average molecular weight is 592 g/mol. The van der Waals surface area contributed by atoms with Crippen molar-refractivity contribution in [3.63, 3.8) is 0 Å². The van der Waals surface area contributed by atoms with E-state index in [1.165, 1.54) is 31.2 Å². The summed E-state index contributed by atoms with van der Waals surface area (Å²) in [6, 6.07) is 16.1. The molecule has 0 spiro atoms. The van der Waals surface area contributed by atoms with E-state index in [-0.39, 0.29) is 27.0 Å². The predicted octanol–water partition coefficient (Wildman–Crippen LogP) is 4.48. The molecule has 1 amide bonds. The van der Waals surface area contributed by atoms with E-state index in [1.54, 1.807) is 0 Å². The Balaban J connectivity index is 0.000000205. The maximum Gasteiger partial charge on any atom is 0.246 e. The van der Waals surface area contributed by atoms with Gasteiger partial charge in [0.05, 0.1) is 25.9 Å². The van der Waals surface area contributed by atoms with Crippen LogP contribution in [0.5, 0.6) is 0 Å². The summed E-state index contributed by atoms with van der Waals surface area (Å²) in [5, 5.41) is 7.82. The van der Waals surface area contributed by atoms with Crippen LogP contribution in [0.15, 0.2) is 48.5 Å². The van der Waals surface area contributed by atoms with Crippen LogP contribution >= 0.6 is 23.2 Å². The molecule has 4 aliphatic rings. The molecule has 10 heteroatoms. The molecule has 7 nitrogen and oxygen atoms in total. The van der Waals surface area contributed by atoms with Gasteiger partial charge in [-0.1, -0.05) is 47.5 Å². The van der Waals surface area contributed by atoms with E-state index in [2.05, 4.69) is 22.8 Å². The second-order valence-electron chi connectivity index (χ2n) is 9.81. The number of carbonyl (C=O) groups is 1. The third-order valence-corrected chi connectivity index (χ3v) is 6.87. The number of rotatable bonds is 4. The number of hydrogen-bond donors (Lipinski definition) is 2. The Morgan fingerprint density at radius 3 is 1.52 bits per heavy atom. The largest absolute Gasteiger partial charge is 0.381 e. The smallest absolute Gasteiger partial charge is 0.246 e. The van der Waals surface area contributed by atoms with Gasteiger partial charge >= 0.3 is 0 Å². The quantitative estimate of drug-likeness (QED) is 0.511. The van der Waals surface area contributed by atoms with Crippen molar-refractivity contribution >= 4 is 37.5 Å². The third kappa shape index (κ3) is 15.4. The van der Waals surface area contributed by atoms with E-state index in [0.717, 1.165) is 74.6 Å². The first-order valence-corrected chi connectivity index (χ1v) is 14.7. The van der Waals surface area contributed by atoms with Gasteiger partial charge in [-0.25, -0.2) is 0 Å². The van der Waals surface area contributed by atoms with E-state index in [4.69, 9.17) is 42.1 Å². The van der Waals surface area contributed by atoms with Crippen LogP contribution in [0.3, 0.4) is 0 Å². The Labute approximate surface area is 251 Å². The topological polar surface area (TPSA) is 78.0 Å². The molecule has 219 valence electrons. The zero-order chi connectivity index (χ0) is 27.5. The van der Waals surface area contributed by atoms with E-state index in [9.17, 15) is 4.79 Å². The van der Waals surface area contributed by atoms with Gasteiger partial charge in [0.15, 0.2) is 0 Å². The van der Waals surface area contributed by atoms with E-state index >= 15 is 0 Å². The molecule has 0 aliphatic carbocycles. The summed E-state index contributed by atoms with van der Waals surface area (Å²) in [5.74, 6) is -0.0415. The summed E-state index contributed by atoms with van der Waals surface area (Å²) in [4.78, 5) is 11.1. The lowest BCUT2D eigenvalue weighted by atomic mass is 10.1. The lowest BCUT2D eigenvalue weighted by Crippen LogP contribution is -2.46. The van der Waals surface area contributed by atoms with Gasteiger partial charge in [-0.2, -0.15) is 0 Å². The van der Waals surface area contributed by atoms with Crippen LogP contribution in [0, 0.1) is 0 Å². The fourth-order valence-corrected chi connectivity index (χ4v) is 4.55. The molecule has 6 rings (SSSR count). The first kappa shape index (κ1) is 34.6. The second kappa shape index (κ2) is 21.1. The molecule has 0 saturated carbocycles. The van der Waals surface area contributed by atoms with Gasteiger partial charge in [0.2, 0.25) is 5.91 Å². The normalized spacial score (nSPS) is 21.7. The molecule has 4 fully saturated rings. The molecule has 4 aliphatic heterocycles. The average Bonchev–Trinajstić information content (AvgIpc) is 3.73. The van der Waals surface area contributed by atoms with Crippen LogP contribution < -0.4 is 10.6 Å². The fourth-order valence-electron chi connectivity index (χ4n) is 4.30. The maximum atomic E-state index is 11.1.